The maximum Gasteiger partial charge on any atom is 0.298 e. The van der Waals surface area contributed by atoms with Crippen LogP contribution in [0.4, 0.5) is 5.69 Å². The second-order valence-electron chi connectivity index (χ2n) is 3.36. The third kappa shape index (κ3) is 2.83. The van der Waals surface area contributed by atoms with Gasteiger partial charge in [0.15, 0.2) is 0 Å². The van der Waals surface area contributed by atoms with Crippen molar-refractivity contribution in [3.8, 4) is 11.3 Å². The molecule has 7 heteroatoms. The predicted molar refractivity (Wildman–Crippen MR) is 65.6 cm³/mol. The van der Waals surface area contributed by atoms with Crippen molar-refractivity contribution in [1.29, 1.82) is 0 Å². The van der Waals surface area contributed by atoms with E-state index in [1.807, 2.05) is 12.1 Å². The van der Waals surface area contributed by atoms with Crippen LogP contribution in [0.25, 0.3) is 11.3 Å². The zero-order chi connectivity index (χ0) is 12.3. The summed E-state index contributed by atoms with van der Waals surface area (Å²) in [7, 11) is -2.14. The van der Waals surface area contributed by atoms with Crippen molar-refractivity contribution in [3.63, 3.8) is 0 Å². The molecule has 1 aromatic carbocycles. The van der Waals surface area contributed by atoms with Gasteiger partial charge in [-0.2, -0.15) is 13.5 Å². The molecule has 2 rings (SSSR count). The highest BCUT2D eigenvalue weighted by molar-refractivity contribution is 7.90. The number of H-pyrrole nitrogens is 1. The van der Waals surface area contributed by atoms with E-state index in [2.05, 4.69) is 19.6 Å². The third-order valence-electron chi connectivity index (χ3n) is 2.20. The molecule has 0 aliphatic heterocycles. The van der Waals surface area contributed by atoms with Gasteiger partial charge in [-0.3, -0.25) is 9.82 Å². The van der Waals surface area contributed by atoms with Gasteiger partial charge in [0.1, 0.15) is 0 Å². The van der Waals surface area contributed by atoms with Gasteiger partial charge in [-0.15, -0.1) is 0 Å². The summed E-state index contributed by atoms with van der Waals surface area (Å²) in [5.41, 5.74) is 2.18. The Labute approximate surface area is 99.2 Å². The fraction of sp³-hybridized carbons (Fsp3) is 0.100. The molecule has 0 fully saturated rings. The van der Waals surface area contributed by atoms with E-state index in [0.717, 1.165) is 11.3 Å². The first-order valence-electron chi connectivity index (χ1n) is 4.92. The molecule has 17 heavy (non-hydrogen) atoms. The number of aromatic nitrogens is 2. The Hall–Kier alpha value is -1.86. The minimum Gasteiger partial charge on any atom is -0.278 e. The first kappa shape index (κ1) is 11.6. The topological polar surface area (TPSA) is 86.9 Å². The number of benzene rings is 1. The molecule has 0 aliphatic rings. The van der Waals surface area contributed by atoms with Gasteiger partial charge in [0, 0.05) is 18.8 Å². The first-order valence-corrected chi connectivity index (χ1v) is 6.40. The zero-order valence-corrected chi connectivity index (χ0v) is 9.95. The minimum atomic E-state index is -3.48. The summed E-state index contributed by atoms with van der Waals surface area (Å²) in [6.45, 7) is 0. The van der Waals surface area contributed by atoms with Gasteiger partial charge in [0.2, 0.25) is 0 Å². The number of rotatable bonds is 4. The molecule has 0 bridgehead atoms. The number of hydrogen-bond donors (Lipinski definition) is 3. The smallest absolute Gasteiger partial charge is 0.278 e. The van der Waals surface area contributed by atoms with E-state index < -0.39 is 10.2 Å². The van der Waals surface area contributed by atoms with E-state index in [4.69, 9.17) is 0 Å². The maximum atomic E-state index is 11.3. The van der Waals surface area contributed by atoms with E-state index in [1.165, 1.54) is 7.05 Å². The van der Waals surface area contributed by atoms with Crippen LogP contribution in [0.2, 0.25) is 0 Å². The molecule has 0 aliphatic carbocycles. The Morgan fingerprint density at radius 3 is 2.76 bits per heavy atom. The summed E-state index contributed by atoms with van der Waals surface area (Å²) in [6, 6.07) is 8.84. The molecule has 1 heterocycles. The summed E-state index contributed by atoms with van der Waals surface area (Å²) in [5, 5.41) is 6.66. The number of nitrogens with zero attached hydrogens (tertiary/aromatic N) is 1. The van der Waals surface area contributed by atoms with E-state index in [1.54, 1.807) is 24.4 Å². The average molecular weight is 252 g/mol. The SMILES string of the molecule is CNS(=O)(=O)Nc1cccc(-c2ccn[nH]2)c1. The highest BCUT2D eigenvalue weighted by atomic mass is 32.2. The minimum absolute atomic E-state index is 0.492. The van der Waals surface area contributed by atoms with Crippen LogP contribution in [0.5, 0.6) is 0 Å². The van der Waals surface area contributed by atoms with Gasteiger partial charge in [-0.1, -0.05) is 12.1 Å². The van der Waals surface area contributed by atoms with Crippen molar-refractivity contribution in [1.82, 2.24) is 14.9 Å². The van der Waals surface area contributed by atoms with Crippen LogP contribution in [0.3, 0.4) is 0 Å². The Kier molecular flexibility index (Phi) is 3.12. The lowest BCUT2D eigenvalue weighted by atomic mass is 10.1. The second-order valence-corrected chi connectivity index (χ2v) is 4.98. The quantitative estimate of drug-likeness (QED) is 0.757. The van der Waals surface area contributed by atoms with Crippen LogP contribution in [0.15, 0.2) is 36.5 Å². The van der Waals surface area contributed by atoms with Crippen LogP contribution in [-0.4, -0.2) is 25.7 Å². The molecule has 0 unspecified atom stereocenters. The van der Waals surface area contributed by atoms with Crippen molar-refractivity contribution in [2.75, 3.05) is 11.8 Å². The molecule has 0 radical (unpaired) electrons. The normalized spacial score (nSPS) is 11.4. The molecule has 6 nitrogen and oxygen atoms in total. The molecule has 3 N–H and O–H groups in total. The Morgan fingerprint density at radius 1 is 1.29 bits per heavy atom. The largest absolute Gasteiger partial charge is 0.298 e. The second kappa shape index (κ2) is 4.56. The number of anilines is 1. The van der Waals surface area contributed by atoms with E-state index in [0.29, 0.717) is 5.69 Å². The van der Waals surface area contributed by atoms with Gasteiger partial charge in [0.25, 0.3) is 10.2 Å². The molecule has 1 aromatic heterocycles. The van der Waals surface area contributed by atoms with E-state index in [9.17, 15) is 8.42 Å². The number of hydrogen-bond acceptors (Lipinski definition) is 3. The van der Waals surface area contributed by atoms with Gasteiger partial charge in [-0.05, 0) is 18.2 Å². The van der Waals surface area contributed by atoms with Crippen molar-refractivity contribution in [2.24, 2.45) is 0 Å². The van der Waals surface area contributed by atoms with Crippen molar-refractivity contribution in [2.45, 2.75) is 0 Å². The zero-order valence-electron chi connectivity index (χ0n) is 9.14. The Balaban J connectivity index is 2.30. The molecular formula is C10H12N4O2S. The fourth-order valence-electron chi connectivity index (χ4n) is 1.37. The van der Waals surface area contributed by atoms with Crippen LogP contribution in [0.1, 0.15) is 0 Å². The van der Waals surface area contributed by atoms with Gasteiger partial charge < -0.3 is 0 Å². The lowest BCUT2D eigenvalue weighted by Gasteiger charge is -2.07. The van der Waals surface area contributed by atoms with Crippen LogP contribution in [0, 0.1) is 0 Å². The summed E-state index contributed by atoms with van der Waals surface area (Å²) in [6.07, 6.45) is 1.64. The number of nitrogens with one attached hydrogen (secondary N) is 3. The molecule has 0 atom stereocenters. The van der Waals surface area contributed by atoms with Crippen molar-refractivity contribution in [3.05, 3.63) is 36.5 Å². The lowest BCUT2D eigenvalue weighted by molar-refractivity contribution is 0.593. The number of aromatic amines is 1. The highest BCUT2D eigenvalue weighted by Crippen LogP contribution is 2.20. The van der Waals surface area contributed by atoms with Gasteiger partial charge in [-0.25, -0.2) is 4.72 Å². The lowest BCUT2D eigenvalue weighted by Crippen LogP contribution is -2.26. The average Bonchev–Trinajstić information content (AvgIpc) is 2.82. The maximum absolute atomic E-state index is 11.3. The molecular weight excluding hydrogens is 240 g/mol. The van der Waals surface area contributed by atoms with E-state index in [-0.39, 0.29) is 0 Å². The molecule has 90 valence electrons. The molecule has 0 saturated carbocycles. The monoisotopic (exact) mass is 252 g/mol. The fourth-order valence-corrected chi connectivity index (χ4v) is 1.91. The summed E-state index contributed by atoms with van der Waals surface area (Å²) >= 11 is 0. The van der Waals surface area contributed by atoms with Crippen LogP contribution >= 0.6 is 0 Å². The molecule has 2 aromatic rings. The van der Waals surface area contributed by atoms with E-state index >= 15 is 0 Å². The Bertz CT molecular complexity index is 593. The standard InChI is InChI=1S/C10H12N4O2S/c1-11-17(15,16)14-9-4-2-3-8(7-9)10-5-6-12-13-10/h2-7,11,14H,1H3,(H,12,13). The summed E-state index contributed by atoms with van der Waals surface area (Å²) in [4.78, 5) is 0. The summed E-state index contributed by atoms with van der Waals surface area (Å²) < 4.78 is 27.2. The Morgan fingerprint density at radius 2 is 2.12 bits per heavy atom. The highest BCUT2D eigenvalue weighted by Gasteiger charge is 2.07. The molecule has 0 amide bonds. The molecule has 0 saturated heterocycles. The summed E-state index contributed by atoms with van der Waals surface area (Å²) in [5.74, 6) is 0. The van der Waals surface area contributed by atoms with Gasteiger partial charge >= 0.3 is 0 Å². The van der Waals surface area contributed by atoms with Crippen molar-refractivity contribution >= 4 is 15.9 Å². The van der Waals surface area contributed by atoms with Gasteiger partial charge in [0.05, 0.1) is 11.4 Å². The molecule has 0 spiro atoms. The predicted octanol–water partition coefficient (Wildman–Crippen LogP) is 0.953. The van der Waals surface area contributed by atoms with Crippen molar-refractivity contribution < 1.29 is 8.42 Å². The third-order valence-corrected chi connectivity index (χ3v) is 3.24. The van der Waals surface area contributed by atoms with Crippen LogP contribution in [-0.2, 0) is 10.2 Å². The first-order chi connectivity index (χ1) is 8.11. The van der Waals surface area contributed by atoms with Crippen LogP contribution < -0.4 is 9.44 Å².